The van der Waals surface area contributed by atoms with E-state index in [-0.39, 0.29) is 0 Å². The summed E-state index contributed by atoms with van der Waals surface area (Å²) in [4.78, 5) is 9.77. The van der Waals surface area contributed by atoms with E-state index in [0.29, 0.717) is 0 Å². The Morgan fingerprint density at radius 2 is 1.57 bits per heavy atom. The molecule has 0 aromatic carbocycles. The average molecular weight is 412 g/mol. The zero-order valence-electron chi connectivity index (χ0n) is 6.84. The third kappa shape index (κ3) is 6.07. The van der Waals surface area contributed by atoms with E-state index in [4.69, 9.17) is 25.5 Å². The summed E-state index contributed by atoms with van der Waals surface area (Å²) in [6.07, 6.45) is -6.07. The summed E-state index contributed by atoms with van der Waals surface area (Å²) in [5.74, 6) is 0. The third-order valence-electron chi connectivity index (χ3n) is 1.38. The predicted molar refractivity (Wildman–Crippen MR) is 42.7 cm³/mol. The molecule has 0 spiro atoms. The summed E-state index contributed by atoms with van der Waals surface area (Å²) in [5.41, 5.74) is 0. The standard InChI is InChI=1S/C6H11O6.Au.ClH/c7-1-3(9)5(11)6(12)4(10)2-8;;/h3-7,9-12H,1H2;;1H/q-1;+1;/p-1/t3-,4+,5-,6-;;/m1../s1. The van der Waals surface area contributed by atoms with Crippen molar-refractivity contribution in [1.82, 2.24) is 0 Å². The molecule has 14 heavy (non-hydrogen) atoms. The average Bonchev–Trinajstić information content (AvgIpc) is 2.27. The number of halogens is 1. The molecule has 0 saturated carbocycles. The van der Waals surface area contributed by atoms with Crippen LogP contribution in [0.4, 0.5) is 0 Å². The van der Waals surface area contributed by atoms with Gasteiger partial charge in [0.2, 0.25) is 0 Å². The fourth-order valence-corrected chi connectivity index (χ4v) is 0.592. The maximum atomic E-state index is 9.77. The van der Waals surface area contributed by atoms with Crippen molar-refractivity contribution in [2.24, 2.45) is 0 Å². The summed E-state index contributed by atoms with van der Waals surface area (Å²) in [6, 6.07) is 0. The van der Waals surface area contributed by atoms with E-state index < -0.39 is 31.0 Å². The van der Waals surface area contributed by atoms with Gasteiger partial charge in [-0.1, -0.05) is 0 Å². The number of aliphatic hydroxyl groups excluding tert-OH is 5. The second-order valence-electron chi connectivity index (χ2n) is 2.29. The Kier molecular flexibility index (Phi) is 12.1. The van der Waals surface area contributed by atoms with Crippen molar-refractivity contribution in [3.8, 4) is 0 Å². The number of aliphatic hydroxyl groups is 5. The van der Waals surface area contributed by atoms with Crippen LogP contribution in [0.5, 0.6) is 0 Å². The van der Waals surface area contributed by atoms with Crippen LogP contribution < -0.4 is 0 Å². The molecule has 4 atom stereocenters. The first kappa shape index (κ1) is 16.9. The summed E-state index contributed by atoms with van der Waals surface area (Å²) in [5, 5.41) is 43.4. The summed E-state index contributed by atoms with van der Waals surface area (Å²) in [6.45, 7) is -0.774. The van der Waals surface area contributed by atoms with Crippen LogP contribution in [0, 0.1) is 0 Å². The fourth-order valence-electron chi connectivity index (χ4n) is 0.592. The van der Waals surface area contributed by atoms with Gasteiger partial charge in [0.15, 0.2) is 0 Å². The van der Waals surface area contributed by atoms with Crippen molar-refractivity contribution in [3.63, 3.8) is 0 Å². The van der Waals surface area contributed by atoms with Crippen LogP contribution >= 0.6 is 9.19 Å². The molecule has 0 rings (SSSR count). The topological polar surface area (TPSA) is 118 Å². The van der Waals surface area contributed by atoms with Crippen LogP contribution in [0.15, 0.2) is 0 Å². The van der Waals surface area contributed by atoms with Gasteiger partial charge in [0.05, 0.1) is 12.7 Å². The fraction of sp³-hybridized carbons (Fsp3) is 0.833. The molecular formula is C6H11AuClO6-. The molecule has 5 N–H and O–H groups in total. The van der Waals surface area contributed by atoms with Gasteiger partial charge in [-0.2, -0.15) is 0 Å². The van der Waals surface area contributed by atoms with Crippen LogP contribution in [-0.2, 0) is 24.8 Å². The Bertz CT molecular complexity index is 148. The quantitative estimate of drug-likeness (QED) is 0.247. The number of rotatable bonds is 5. The molecule has 0 saturated heterocycles. The van der Waals surface area contributed by atoms with Gasteiger partial charge < -0.3 is 30.3 Å². The summed E-state index contributed by atoms with van der Waals surface area (Å²) < 4.78 is 0. The Balaban J connectivity index is 0. The zero-order chi connectivity index (χ0) is 11.7. The molecule has 8 heteroatoms. The van der Waals surface area contributed by atoms with E-state index in [1.807, 2.05) is 0 Å². The monoisotopic (exact) mass is 411 g/mol. The van der Waals surface area contributed by atoms with Crippen LogP contribution in [0.1, 0.15) is 0 Å². The Labute approximate surface area is 96.9 Å². The molecule has 0 aliphatic heterocycles. The van der Waals surface area contributed by atoms with E-state index in [1.54, 1.807) is 20.0 Å². The first-order valence-electron chi connectivity index (χ1n) is 3.36. The van der Waals surface area contributed by atoms with Gasteiger partial charge in [0, 0.05) is 0 Å². The Morgan fingerprint density at radius 3 is 1.86 bits per heavy atom. The van der Waals surface area contributed by atoms with Gasteiger partial charge in [-0.15, -0.1) is 0 Å². The van der Waals surface area contributed by atoms with Crippen molar-refractivity contribution >= 4 is 15.5 Å². The minimum absolute atomic E-state index is 0.774. The van der Waals surface area contributed by atoms with Gasteiger partial charge in [0.1, 0.15) is 12.2 Å². The van der Waals surface area contributed by atoms with Gasteiger partial charge in [-0.3, -0.25) is 0 Å². The maximum absolute atomic E-state index is 9.77. The molecule has 0 unspecified atom stereocenters. The molecule has 0 aliphatic carbocycles. The number of carbonyl (C=O) groups excluding carboxylic acids is 1. The second kappa shape index (κ2) is 10.0. The van der Waals surface area contributed by atoms with Gasteiger partial charge in [-0.05, 0) is 6.10 Å². The van der Waals surface area contributed by atoms with Crippen molar-refractivity contribution in [2.45, 2.75) is 24.4 Å². The van der Waals surface area contributed by atoms with E-state index >= 15 is 0 Å². The van der Waals surface area contributed by atoms with E-state index in [0.717, 1.165) is 6.29 Å². The first-order valence-corrected chi connectivity index (χ1v) is 6.05. The Morgan fingerprint density at radius 1 is 1.14 bits per heavy atom. The molecule has 0 radical (unpaired) electrons. The molecular weight excluding hydrogens is 400 g/mol. The Hall–Kier alpha value is 0.500. The molecule has 0 fully saturated rings. The van der Waals surface area contributed by atoms with E-state index in [2.05, 4.69) is 9.19 Å². The third-order valence-corrected chi connectivity index (χ3v) is 1.38. The second-order valence-corrected chi connectivity index (χ2v) is 2.29. The van der Waals surface area contributed by atoms with Gasteiger partial charge >= 0.3 is 29.2 Å². The SMILES string of the molecule is O=[C-][C@H](O)[C@@H](O)[C@H](O)[C@H](O)CO.[Cl][Au]. The normalized spacial score (nSPS) is 18.6. The molecule has 0 bridgehead atoms. The van der Waals surface area contributed by atoms with Crippen LogP contribution in [0.25, 0.3) is 0 Å². The zero-order valence-corrected chi connectivity index (χ0v) is 9.76. The summed E-state index contributed by atoms with van der Waals surface area (Å²) in [7, 11) is 4.58. The van der Waals surface area contributed by atoms with Gasteiger partial charge in [-0.25, -0.2) is 6.29 Å². The molecule has 0 aromatic rings. The van der Waals surface area contributed by atoms with Crippen LogP contribution in [-0.4, -0.2) is 62.8 Å². The summed E-state index contributed by atoms with van der Waals surface area (Å²) >= 11 is 1.75. The molecule has 0 aliphatic rings. The van der Waals surface area contributed by atoms with Crippen molar-refractivity contribution in [1.29, 1.82) is 0 Å². The van der Waals surface area contributed by atoms with Crippen molar-refractivity contribution in [2.75, 3.05) is 6.61 Å². The molecule has 90 valence electrons. The van der Waals surface area contributed by atoms with Gasteiger partial charge in [0.25, 0.3) is 0 Å². The number of hydrogen-bond donors (Lipinski definition) is 5. The first-order chi connectivity index (χ1) is 6.54. The number of hydrogen-bond acceptors (Lipinski definition) is 6. The molecule has 6 nitrogen and oxygen atoms in total. The molecule has 0 aromatic heterocycles. The van der Waals surface area contributed by atoms with Crippen molar-refractivity contribution in [3.05, 3.63) is 0 Å². The molecule has 0 heterocycles. The van der Waals surface area contributed by atoms with Crippen molar-refractivity contribution < 1.29 is 50.3 Å². The van der Waals surface area contributed by atoms with E-state index in [1.165, 1.54) is 0 Å². The predicted octanol–water partition coefficient (Wildman–Crippen LogP) is -2.78. The van der Waals surface area contributed by atoms with E-state index in [9.17, 15) is 4.79 Å². The minimum atomic E-state index is -1.89. The van der Waals surface area contributed by atoms with Crippen LogP contribution in [0.3, 0.4) is 0 Å². The van der Waals surface area contributed by atoms with Crippen LogP contribution in [0.2, 0.25) is 0 Å². The molecule has 0 amide bonds.